The molecule has 0 spiro atoms. The van der Waals surface area contributed by atoms with E-state index >= 15 is 0 Å². The molecule has 0 atom stereocenters. The number of alkyl halides is 3. The van der Waals surface area contributed by atoms with E-state index in [1.165, 1.54) is 7.11 Å². The molecule has 33 heavy (non-hydrogen) atoms. The highest BCUT2D eigenvalue weighted by atomic mass is 31.2. The van der Waals surface area contributed by atoms with Gasteiger partial charge in [-0.2, -0.15) is 23.1 Å². The molecule has 4 rings (SSSR count). The maximum Gasteiger partial charge on any atom is 0.418 e. The van der Waals surface area contributed by atoms with Crippen LogP contribution >= 0.6 is 7.14 Å². The van der Waals surface area contributed by atoms with Crippen molar-refractivity contribution in [2.45, 2.75) is 31.9 Å². The van der Waals surface area contributed by atoms with Gasteiger partial charge in [-0.1, -0.05) is 12.8 Å². The highest BCUT2D eigenvalue weighted by Gasteiger charge is 2.35. The molecule has 0 saturated heterocycles. The molecule has 11 heteroatoms. The number of hydrogen-bond acceptors (Lipinski definition) is 6. The number of aromatic amines is 1. The molecule has 3 aromatic rings. The van der Waals surface area contributed by atoms with Gasteiger partial charge in [-0.25, -0.2) is 0 Å². The second-order valence-electron chi connectivity index (χ2n) is 8.71. The maximum absolute atomic E-state index is 13.6. The number of nitrogens with zero attached hydrogens (tertiary/aromatic N) is 2. The molecule has 1 aliphatic carbocycles. The summed E-state index contributed by atoms with van der Waals surface area (Å²) in [6, 6.07) is 5.10. The average Bonchev–Trinajstić information content (AvgIpc) is 3.41. The molecule has 1 fully saturated rings. The van der Waals surface area contributed by atoms with Crippen molar-refractivity contribution >= 4 is 40.9 Å². The molecular formula is C22H27F3N5O2P. The number of rotatable bonds is 7. The third kappa shape index (κ3) is 5.11. The Morgan fingerprint density at radius 3 is 2.58 bits per heavy atom. The minimum atomic E-state index is -4.53. The van der Waals surface area contributed by atoms with E-state index in [0.29, 0.717) is 29.2 Å². The topological polar surface area (TPSA) is 91.9 Å². The van der Waals surface area contributed by atoms with E-state index in [9.17, 15) is 17.7 Å². The Morgan fingerprint density at radius 2 is 1.94 bits per heavy atom. The first-order chi connectivity index (χ1) is 15.6. The lowest BCUT2D eigenvalue weighted by atomic mass is 10.1. The number of fused-ring (bicyclic) bond motifs is 1. The van der Waals surface area contributed by atoms with Gasteiger partial charge in [0.1, 0.15) is 24.4 Å². The lowest BCUT2D eigenvalue weighted by Gasteiger charge is -2.16. The van der Waals surface area contributed by atoms with Crippen LogP contribution in [0.2, 0.25) is 0 Å². The average molecular weight is 481 g/mol. The zero-order valence-electron chi connectivity index (χ0n) is 18.7. The molecule has 0 bridgehead atoms. The van der Waals surface area contributed by atoms with Crippen LogP contribution in [0.5, 0.6) is 5.75 Å². The largest absolute Gasteiger partial charge is 0.495 e. The highest BCUT2D eigenvalue weighted by molar-refractivity contribution is 7.70. The molecule has 1 saturated carbocycles. The minimum Gasteiger partial charge on any atom is -0.495 e. The summed E-state index contributed by atoms with van der Waals surface area (Å²) in [6.07, 6.45) is 0.748. The van der Waals surface area contributed by atoms with E-state index in [4.69, 9.17) is 4.74 Å². The van der Waals surface area contributed by atoms with Gasteiger partial charge in [-0.15, -0.1) is 0 Å². The molecule has 0 radical (unpaired) electrons. The van der Waals surface area contributed by atoms with Gasteiger partial charge in [0.2, 0.25) is 5.95 Å². The summed E-state index contributed by atoms with van der Waals surface area (Å²) in [4.78, 5) is 11.3. The number of ether oxygens (including phenoxy) is 1. The lowest BCUT2D eigenvalue weighted by Crippen LogP contribution is -2.14. The van der Waals surface area contributed by atoms with Crippen molar-refractivity contribution in [1.82, 2.24) is 15.0 Å². The number of aromatic nitrogens is 3. The van der Waals surface area contributed by atoms with Gasteiger partial charge in [0.25, 0.3) is 0 Å². The molecule has 178 valence electrons. The van der Waals surface area contributed by atoms with Crippen molar-refractivity contribution in [3.05, 3.63) is 30.0 Å². The highest BCUT2D eigenvalue weighted by Crippen LogP contribution is 2.40. The number of anilines is 3. The fourth-order valence-electron chi connectivity index (χ4n) is 4.13. The van der Waals surface area contributed by atoms with Crippen molar-refractivity contribution in [3.63, 3.8) is 0 Å². The van der Waals surface area contributed by atoms with Crippen molar-refractivity contribution in [1.29, 1.82) is 0 Å². The summed E-state index contributed by atoms with van der Waals surface area (Å²) in [5.41, 5.74) is -0.212. The first kappa shape index (κ1) is 23.4. The molecule has 1 aliphatic rings. The van der Waals surface area contributed by atoms with Crippen molar-refractivity contribution < 1.29 is 22.5 Å². The number of H-pyrrole nitrogens is 1. The Labute approximate surface area is 189 Å². The SMILES string of the molecule is COc1cc(P(C)(C)=O)ccc1Nc1nc(NCC2CCCC2)c2c(C(F)(F)F)c[nH]c2n1. The summed E-state index contributed by atoms with van der Waals surface area (Å²) in [5.74, 6) is 1.09. The van der Waals surface area contributed by atoms with Crippen LogP contribution in [0.25, 0.3) is 11.0 Å². The molecule has 2 aromatic heterocycles. The standard InChI is InChI=1S/C22H27F3N5O2P/c1-32-17-10-14(33(2,3)31)8-9-16(17)28-21-29-19(26-11-13-6-4-5-7-13)18-15(22(23,24)25)12-27-20(18)30-21/h8-10,12-13H,4-7,11H2,1-3H3,(H3,26,27,28,29,30). The quantitative estimate of drug-likeness (QED) is 0.382. The molecule has 0 unspecified atom stereocenters. The molecule has 7 nitrogen and oxygen atoms in total. The van der Waals surface area contributed by atoms with Gasteiger partial charge in [-0.3, -0.25) is 0 Å². The van der Waals surface area contributed by atoms with Crippen molar-refractivity contribution in [3.8, 4) is 5.75 Å². The summed E-state index contributed by atoms with van der Waals surface area (Å²) in [5, 5.41) is 6.74. The Kier molecular flexibility index (Phi) is 6.31. The Hall–Kier alpha value is -2.74. The third-order valence-electron chi connectivity index (χ3n) is 5.92. The van der Waals surface area contributed by atoms with E-state index < -0.39 is 18.9 Å². The van der Waals surface area contributed by atoms with E-state index in [1.807, 2.05) is 0 Å². The fraction of sp³-hybridized carbons (Fsp3) is 0.455. The van der Waals surface area contributed by atoms with E-state index in [1.54, 1.807) is 31.5 Å². The van der Waals surface area contributed by atoms with Gasteiger partial charge in [-0.05, 0) is 50.3 Å². The molecular weight excluding hydrogens is 454 g/mol. The zero-order valence-corrected chi connectivity index (χ0v) is 19.6. The summed E-state index contributed by atoms with van der Waals surface area (Å²) in [6.45, 7) is 3.88. The van der Waals surface area contributed by atoms with Gasteiger partial charge < -0.3 is 24.9 Å². The second kappa shape index (κ2) is 8.89. The predicted octanol–water partition coefficient (Wildman–Crippen LogP) is 5.58. The van der Waals surface area contributed by atoms with Crippen LogP contribution < -0.4 is 20.7 Å². The van der Waals surface area contributed by atoms with E-state index in [2.05, 4.69) is 25.6 Å². The van der Waals surface area contributed by atoms with Crippen LogP contribution in [0.3, 0.4) is 0 Å². The summed E-state index contributed by atoms with van der Waals surface area (Å²) in [7, 11) is -1.01. The second-order valence-corrected chi connectivity index (χ2v) is 11.9. The summed E-state index contributed by atoms with van der Waals surface area (Å²) >= 11 is 0. The number of hydrogen-bond donors (Lipinski definition) is 3. The van der Waals surface area contributed by atoms with Crippen LogP contribution in [-0.4, -0.2) is 41.9 Å². The first-order valence-corrected chi connectivity index (χ1v) is 13.4. The van der Waals surface area contributed by atoms with Gasteiger partial charge >= 0.3 is 6.18 Å². The van der Waals surface area contributed by atoms with Crippen LogP contribution in [0, 0.1) is 5.92 Å². The normalized spacial score (nSPS) is 15.2. The predicted molar refractivity (Wildman–Crippen MR) is 125 cm³/mol. The summed E-state index contributed by atoms with van der Waals surface area (Å²) < 4.78 is 58.6. The van der Waals surface area contributed by atoms with Crippen molar-refractivity contribution in [2.75, 3.05) is 37.6 Å². The molecule has 0 amide bonds. The monoisotopic (exact) mass is 481 g/mol. The molecule has 0 aliphatic heterocycles. The molecule has 1 aromatic carbocycles. The number of halogens is 3. The van der Waals surface area contributed by atoms with Gasteiger partial charge in [0, 0.05) is 18.0 Å². The van der Waals surface area contributed by atoms with Crippen molar-refractivity contribution in [2.24, 2.45) is 5.92 Å². The smallest absolute Gasteiger partial charge is 0.418 e. The zero-order chi connectivity index (χ0) is 23.8. The lowest BCUT2D eigenvalue weighted by molar-refractivity contribution is -0.136. The number of methoxy groups -OCH3 is 1. The first-order valence-electron chi connectivity index (χ1n) is 10.8. The third-order valence-corrected chi connectivity index (χ3v) is 7.45. The molecule has 2 heterocycles. The van der Waals surface area contributed by atoms with Crippen LogP contribution in [-0.2, 0) is 10.7 Å². The maximum atomic E-state index is 13.6. The van der Waals surface area contributed by atoms with E-state index in [0.717, 1.165) is 31.9 Å². The number of nitrogens with one attached hydrogen (secondary N) is 3. The Balaban J connectivity index is 1.72. The Bertz CT molecular complexity index is 1200. The van der Waals surface area contributed by atoms with Gasteiger partial charge in [0.15, 0.2) is 0 Å². The van der Waals surface area contributed by atoms with Gasteiger partial charge in [0.05, 0.1) is 23.7 Å². The fourth-order valence-corrected chi connectivity index (χ4v) is 5.00. The van der Waals surface area contributed by atoms with E-state index in [-0.39, 0.29) is 22.8 Å². The van der Waals surface area contributed by atoms with Crippen LogP contribution in [0.15, 0.2) is 24.4 Å². The minimum absolute atomic E-state index is 0.0775. The number of benzene rings is 1. The molecule has 3 N–H and O–H groups in total. The van der Waals surface area contributed by atoms with Crippen LogP contribution in [0.4, 0.5) is 30.6 Å². The van der Waals surface area contributed by atoms with Crippen LogP contribution in [0.1, 0.15) is 31.2 Å². The Morgan fingerprint density at radius 1 is 1.21 bits per heavy atom.